The van der Waals surface area contributed by atoms with Gasteiger partial charge in [-0.15, -0.1) is 0 Å². The lowest BCUT2D eigenvalue weighted by molar-refractivity contribution is 0.161. The highest BCUT2D eigenvalue weighted by Gasteiger charge is 2.33. The molecule has 1 heterocycles. The molecule has 0 unspecified atom stereocenters. The standard InChI is InChI=1S/C12H26N2/c1-11(2,3)9-7-14-10(8-13-9)12(4,5)6/h9-10,13-14H,7-8H2,1-6H3/t9-,10+. The number of hydrogen-bond acceptors (Lipinski definition) is 2. The zero-order chi connectivity index (χ0) is 11.0. The molecule has 0 amide bonds. The van der Waals surface area contributed by atoms with Crippen molar-refractivity contribution >= 4 is 0 Å². The van der Waals surface area contributed by atoms with Gasteiger partial charge in [-0.3, -0.25) is 0 Å². The summed E-state index contributed by atoms with van der Waals surface area (Å²) < 4.78 is 0. The molecule has 1 saturated heterocycles. The molecule has 2 N–H and O–H groups in total. The Morgan fingerprint density at radius 1 is 0.714 bits per heavy atom. The van der Waals surface area contributed by atoms with Crippen LogP contribution in [-0.4, -0.2) is 25.2 Å². The van der Waals surface area contributed by atoms with Crippen molar-refractivity contribution in [2.75, 3.05) is 13.1 Å². The van der Waals surface area contributed by atoms with Crippen LogP contribution in [0, 0.1) is 10.8 Å². The third kappa shape index (κ3) is 2.96. The molecule has 0 radical (unpaired) electrons. The Morgan fingerprint density at radius 3 is 1.14 bits per heavy atom. The maximum absolute atomic E-state index is 3.65. The predicted octanol–water partition coefficient (Wildman–Crippen LogP) is 2.01. The third-order valence-corrected chi connectivity index (χ3v) is 3.23. The fourth-order valence-corrected chi connectivity index (χ4v) is 1.89. The van der Waals surface area contributed by atoms with Crippen LogP contribution in [0.2, 0.25) is 0 Å². The van der Waals surface area contributed by atoms with Gasteiger partial charge >= 0.3 is 0 Å². The normalized spacial score (nSPS) is 30.4. The number of piperazine rings is 1. The van der Waals surface area contributed by atoms with Crippen LogP contribution in [0.5, 0.6) is 0 Å². The van der Waals surface area contributed by atoms with Crippen molar-refractivity contribution in [2.45, 2.75) is 53.6 Å². The Balaban J connectivity index is 2.47. The summed E-state index contributed by atoms with van der Waals surface area (Å²) in [7, 11) is 0. The van der Waals surface area contributed by atoms with Crippen LogP contribution in [0.3, 0.4) is 0 Å². The molecule has 1 fully saturated rings. The first-order valence-corrected chi connectivity index (χ1v) is 5.68. The summed E-state index contributed by atoms with van der Waals surface area (Å²) in [6, 6.07) is 1.20. The Morgan fingerprint density at radius 2 is 1.00 bits per heavy atom. The van der Waals surface area contributed by atoms with Crippen molar-refractivity contribution in [3.05, 3.63) is 0 Å². The minimum Gasteiger partial charge on any atom is -0.311 e. The van der Waals surface area contributed by atoms with Gasteiger partial charge in [0.25, 0.3) is 0 Å². The zero-order valence-corrected chi connectivity index (χ0v) is 10.6. The van der Waals surface area contributed by atoms with E-state index in [0.29, 0.717) is 22.9 Å². The second kappa shape index (κ2) is 3.82. The summed E-state index contributed by atoms with van der Waals surface area (Å²) >= 11 is 0. The van der Waals surface area contributed by atoms with Gasteiger partial charge < -0.3 is 10.6 Å². The third-order valence-electron chi connectivity index (χ3n) is 3.23. The van der Waals surface area contributed by atoms with E-state index in [1.54, 1.807) is 0 Å². The number of rotatable bonds is 0. The largest absolute Gasteiger partial charge is 0.311 e. The van der Waals surface area contributed by atoms with Crippen molar-refractivity contribution in [3.63, 3.8) is 0 Å². The second-order valence-corrected chi connectivity index (χ2v) is 6.65. The van der Waals surface area contributed by atoms with Crippen molar-refractivity contribution in [2.24, 2.45) is 10.8 Å². The Labute approximate surface area is 88.8 Å². The molecule has 0 aromatic carbocycles. The van der Waals surface area contributed by atoms with E-state index in [-0.39, 0.29) is 0 Å². The molecular formula is C12H26N2. The summed E-state index contributed by atoms with van der Waals surface area (Å²) in [5.41, 5.74) is 0.714. The Hall–Kier alpha value is -0.0800. The highest BCUT2D eigenvalue weighted by Crippen LogP contribution is 2.25. The molecule has 14 heavy (non-hydrogen) atoms. The maximum atomic E-state index is 3.65. The van der Waals surface area contributed by atoms with Gasteiger partial charge in [0, 0.05) is 25.2 Å². The topological polar surface area (TPSA) is 24.1 Å². The fourth-order valence-electron chi connectivity index (χ4n) is 1.89. The summed E-state index contributed by atoms with van der Waals surface area (Å²) in [4.78, 5) is 0. The molecule has 0 aromatic heterocycles. The smallest absolute Gasteiger partial charge is 0.0241 e. The van der Waals surface area contributed by atoms with E-state index in [1.165, 1.54) is 0 Å². The molecule has 0 saturated carbocycles. The summed E-state index contributed by atoms with van der Waals surface area (Å²) in [5, 5.41) is 7.31. The molecule has 1 aliphatic rings. The van der Waals surface area contributed by atoms with E-state index in [0.717, 1.165) is 13.1 Å². The van der Waals surface area contributed by atoms with Gasteiger partial charge in [-0.2, -0.15) is 0 Å². The molecule has 0 spiro atoms. The molecule has 0 aromatic rings. The highest BCUT2D eigenvalue weighted by molar-refractivity contribution is 4.93. The minimum absolute atomic E-state index is 0.357. The van der Waals surface area contributed by atoms with E-state index in [1.807, 2.05) is 0 Å². The molecule has 1 rings (SSSR count). The van der Waals surface area contributed by atoms with E-state index in [2.05, 4.69) is 52.2 Å². The Kier molecular flexibility index (Phi) is 3.27. The molecule has 2 heteroatoms. The van der Waals surface area contributed by atoms with Gasteiger partial charge in [-0.1, -0.05) is 41.5 Å². The van der Waals surface area contributed by atoms with Gasteiger partial charge in [0.2, 0.25) is 0 Å². The van der Waals surface area contributed by atoms with Crippen LogP contribution in [0.1, 0.15) is 41.5 Å². The molecular weight excluding hydrogens is 172 g/mol. The summed E-state index contributed by atoms with van der Waals surface area (Å²) in [6.45, 7) is 15.9. The van der Waals surface area contributed by atoms with E-state index < -0.39 is 0 Å². The SMILES string of the molecule is CC(C)(C)[C@@H]1CN[C@@H](C(C)(C)C)CN1. The Bertz CT molecular complexity index is 155. The van der Waals surface area contributed by atoms with Crippen LogP contribution < -0.4 is 10.6 Å². The van der Waals surface area contributed by atoms with Crippen LogP contribution in [0.15, 0.2) is 0 Å². The van der Waals surface area contributed by atoms with Crippen LogP contribution in [-0.2, 0) is 0 Å². The lowest BCUT2D eigenvalue weighted by Gasteiger charge is -2.43. The first-order valence-electron chi connectivity index (χ1n) is 5.68. The predicted molar refractivity (Wildman–Crippen MR) is 62.5 cm³/mol. The zero-order valence-electron chi connectivity index (χ0n) is 10.6. The fraction of sp³-hybridized carbons (Fsp3) is 1.00. The van der Waals surface area contributed by atoms with Gasteiger partial charge in [0.05, 0.1) is 0 Å². The first kappa shape index (κ1) is 12.0. The van der Waals surface area contributed by atoms with E-state index in [4.69, 9.17) is 0 Å². The summed E-state index contributed by atoms with van der Waals surface area (Å²) in [6.07, 6.45) is 0. The lowest BCUT2D eigenvalue weighted by Crippen LogP contribution is -2.61. The average molecular weight is 198 g/mol. The molecule has 84 valence electrons. The van der Waals surface area contributed by atoms with Crippen LogP contribution in [0.25, 0.3) is 0 Å². The van der Waals surface area contributed by atoms with Crippen molar-refractivity contribution in [1.29, 1.82) is 0 Å². The average Bonchev–Trinajstić information content (AvgIpc) is 2.01. The molecule has 2 atom stereocenters. The lowest BCUT2D eigenvalue weighted by atomic mass is 9.81. The monoisotopic (exact) mass is 198 g/mol. The van der Waals surface area contributed by atoms with Gasteiger partial charge in [-0.25, -0.2) is 0 Å². The molecule has 1 aliphatic heterocycles. The number of nitrogens with one attached hydrogen (secondary N) is 2. The second-order valence-electron chi connectivity index (χ2n) is 6.65. The van der Waals surface area contributed by atoms with E-state index >= 15 is 0 Å². The van der Waals surface area contributed by atoms with Crippen LogP contribution >= 0.6 is 0 Å². The van der Waals surface area contributed by atoms with Crippen LogP contribution in [0.4, 0.5) is 0 Å². The van der Waals surface area contributed by atoms with Gasteiger partial charge in [0.1, 0.15) is 0 Å². The molecule has 0 aliphatic carbocycles. The molecule has 0 bridgehead atoms. The van der Waals surface area contributed by atoms with E-state index in [9.17, 15) is 0 Å². The minimum atomic E-state index is 0.357. The maximum Gasteiger partial charge on any atom is 0.0241 e. The summed E-state index contributed by atoms with van der Waals surface area (Å²) in [5.74, 6) is 0. The van der Waals surface area contributed by atoms with Gasteiger partial charge in [-0.05, 0) is 10.8 Å². The highest BCUT2D eigenvalue weighted by atomic mass is 15.1. The van der Waals surface area contributed by atoms with Crippen molar-refractivity contribution < 1.29 is 0 Å². The van der Waals surface area contributed by atoms with Crippen molar-refractivity contribution in [3.8, 4) is 0 Å². The first-order chi connectivity index (χ1) is 6.21. The number of hydrogen-bond donors (Lipinski definition) is 2. The van der Waals surface area contributed by atoms with Gasteiger partial charge in [0.15, 0.2) is 0 Å². The quantitative estimate of drug-likeness (QED) is 0.622. The van der Waals surface area contributed by atoms with Crippen molar-refractivity contribution in [1.82, 2.24) is 10.6 Å². The molecule has 2 nitrogen and oxygen atoms in total.